The number of hydrogen-bond acceptors (Lipinski definition) is 5. The van der Waals surface area contributed by atoms with Crippen LogP contribution in [0.4, 0.5) is 0 Å². The number of phenolic OH excluding ortho intramolecular Hbond substituents is 1. The van der Waals surface area contributed by atoms with Crippen molar-refractivity contribution < 1.29 is 24.3 Å². The van der Waals surface area contributed by atoms with E-state index in [0.717, 1.165) is 0 Å². The largest absolute Gasteiger partial charge is 0.508 e. The van der Waals surface area contributed by atoms with E-state index in [1.165, 1.54) is 11.0 Å². The predicted octanol–water partition coefficient (Wildman–Crippen LogP) is -0.263. The van der Waals surface area contributed by atoms with Crippen molar-refractivity contribution in [3.63, 3.8) is 0 Å². The molecule has 1 aromatic carbocycles. The van der Waals surface area contributed by atoms with Gasteiger partial charge in [-0.2, -0.15) is 0 Å². The lowest BCUT2D eigenvalue weighted by Crippen LogP contribution is -2.49. The van der Waals surface area contributed by atoms with Crippen molar-refractivity contribution in [3.8, 4) is 5.75 Å². The van der Waals surface area contributed by atoms with Gasteiger partial charge in [0.05, 0.1) is 13.1 Å². The normalized spacial score (nSPS) is 16.4. The minimum Gasteiger partial charge on any atom is -0.508 e. The molecular weight excluding hydrogens is 326 g/mol. The lowest BCUT2D eigenvalue weighted by atomic mass is 10.1. The molecule has 25 heavy (non-hydrogen) atoms. The number of benzene rings is 1. The molecule has 8 heteroatoms. The fraction of sp³-hybridized carbons (Fsp3) is 0.412. The van der Waals surface area contributed by atoms with Crippen molar-refractivity contribution in [2.45, 2.75) is 25.8 Å². The molecule has 1 fully saturated rings. The molecule has 1 atom stereocenters. The number of nitrogens with one attached hydrogen (secondary N) is 2. The summed E-state index contributed by atoms with van der Waals surface area (Å²) in [7, 11) is 0. The molecule has 3 N–H and O–H groups in total. The minimum atomic E-state index is -0.619. The van der Waals surface area contributed by atoms with Gasteiger partial charge in [-0.3, -0.25) is 14.4 Å². The van der Waals surface area contributed by atoms with Gasteiger partial charge in [-0.05, 0) is 31.9 Å². The van der Waals surface area contributed by atoms with Crippen LogP contribution in [0.5, 0.6) is 5.75 Å². The lowest BCUT2D eigenvalue weighted by molar-refractivity contribution is -0.137. The predicted molar refractivity (Wildman–Crippen MR) is 89.0 cm³/mol. The average Bonchev–Trinajstić information content (AvgIpc) is 3.09. The van der Waals surface area contributed by atoms with E-state index in [4.69, 9.17) is 0 Å². The Kier molecular flexibility index (Phi) is 6.10. The first kappa shape index (κ1) is 18.4. The standard InChI is InChI=1S/C17H21N3O5/c1-11-12(4-2-6-14(11)22)16(24)19-10-15(23)20-8-3-5-13(20)17(25)18-7-9-21/h2,4,6,9,13,22H,3,5,7-8,10H2,1H3,(H,18,25)(H,19,24)/t13-/m0/s1. The second kappa shape index (κ2) is 8.27. The van der Waals surface area contributed by atoms with Gasteiger partial charge < -0.3 is 25.4 Å². The molecule has 1 saturated heterocycles. The highest BCUT2D eigenvalue weighted by Crippen LogP contribution is 2.20. The summed E-state index contributed by atoms with van der Waals surface area (Å²) >= 11 is 0. The molecule has 0 radical (unpaired) electrons. The summed E-state index contributed by atoms with van der Waals surface area (Å²) in [5.41, 5.74) is 0.717. The van der Waals surface area contributed by atoms with Gasteiger partial charge in [-0.1, -0.05) is 6.07 Å². The first-order chi connectivity index (χ1) is 12.0. The number of carbonyl (C=O) groups is 4. The third-order valence-electron chi connectivity index (χ3n) is 4.19. The molecule has 1 heterocycles. The molecule has 0 saturated carbocycles. The highest BCUT2D eigenvalue weighted by atomic mass is 16.3. The molecule has 1 aliphatic rings. The first-order valence-corrected chi connectivity index (χ1v) is 8.03. The second-order valence-electron chi connectivity index (χ2n) is 5.79. The summed E-state index contributed by atoms with van der Waals surface area (Å²) in [5.74, 6) is -1.20. The Morgan fingerprint density at radius 2 is 2.08 bits per heavy atom. The maximum atomic E-state index is 12.3. The molecule has 0 unspecified atom stereocenters. The molecule has 3 amide bonds. The van der Waals surface area contributed by atoms with Gasteiger partial charge in [0.1, 0.15) is 18.1 Å². The van der Waals surface area contributed by atoms with Crippen LogP contribution in [-0.4, -0.2) is 59.7 Å². The van der Waals surface area contributed by atoms with Crippen LogP contribution >= 0.6 is 0 Å². The van der Waals surface area contributed by atoms with Crippen LogP contribution in [-0.2, 0) is 14.4 Å². The van der Waals surface area contributed by atoms with Crippen LogP contribution in [0.1, 0.15) is 28.8 Å². The van der Waals surface area contributed by atoms with E-state index >= 15 is 0 Å². The molecule has 0 bridgehead atoms. The molecule has 2 rings (SSSR count). The Balaban J connectivity index is 1.95. The van der Waals surface area contributed by atoms with Crippen LogP contribution in [0.3, 0.4) is 0 Å². The SMILES string of the molecule is Cc1c(O)cccc1C(=O)NCC(=O)N1CCC[C@H]1C(=O)NCC=O. The molecule has 0 spiro atoms. The van der Waals surface area contributed by atoms with E-state index in [2.05, 4.69) is 10.6 Å². The number of carbonyl (C=O) groups excluding carboxylic acids is 4. The van der Waals surface area contributed by atoms with Gasteiger partial charge in [-0.25, -0.2) is 0 Å². The van der Waals surface area contributed by atoms with Gasteiger partial charge in [0.2, 0.25) is 11.8 Å². The molecular formula is C17H21N3O5. The summed E-state index contributed by atoms with van der Waals surface area (Å²) in [5, 5.41) is 14.6. The fourth-order valence-corrected chi connectivity index (χ4v) is 2.82. The maximum absolute atomic E-state index is 12.3. The molecule has 134 valence electrons. The van der Waals surface area contributed by atoms with Crippen LogP contribution in [0.15, 0.2) is 18.2 Å². The molecule has 1 aliphatic heterocycles. The number of aromatic hydroxyl groups is 1. The van der Waals surface area contributed by atoms with Crippen LogP contribution < -0.4 is 10.6 Å². The summed E-state index contributed by atoms with van der Waals surface area (Å²) in [6, 6.07) is 3.96. The van der Waals surface area contributed by atoms with Crippen molar-refractivity contribution in [3.05, 3.63) is 29.3 Å². The summed E-state index contributed by atoms with van der Waals surface area (Å²) in [6.07, 6.45) is 1.79. The van der Waals surface area contributed by atoms with Crippen molar-refractivity contribution in [1.82, 2.24) is 15.5 Å². The average molecular weight is 347 g/mol. The monoisotopic (exact) mass is 347 g/mol. The Morgan fingerprint density at radius 3 is 2.80 bits per heavy atom. The first-order valence-electron chi connectivity index (χ1n) is 8.03. The summed E-state index contributed by atoms with van der Waals surface area (Å²) in [4.78, 5) is 48.3. The van der Waals surface area contributed by atoms with Gasteiger partial charge >= 0.3 is 0 Å². The summed E-state index contributed by atoms with van der Waals surface area (Å²) < 4.78 is 0. The fourth-order valence-electron chi connectivity index (χ4n) is 2.82. The van der Waals surface area contributed by atoms with Crippen molar-refractivity contribution >= 4 is 24.0 Å². The third-order valence-corrected chi connectivity index (χ3v) is 4.19. The number of hydrogen-bond donors (Lipinski definition) is 3. The van der Waals surface area contributed by atoms with Gasteiger partial charge in [-0.15, -0.1) is 0 Å². The van der Waals surface area contributed by atoms with Gasteiger partial charge in [0, 0.05) is 17.7 Å². The van der Waals surface area contributed by atoms with Gasteiger partial charge in [0.25, 0.3) is 5.91 Å². The number of nitrogens with zero attached hydrogens (tertiary/aromatic N) is 1. The number of phenols is 1. The number of amides is 3. The topological polar surface area (TPSA) is 116 Å². The van der Waals surface area contributed by atoms with Crippen LogP contribution in [0, 0.1) is 6.92 Å². The highest BCUT2D eigenvalue weighted by molar-refractivity contribution is 5.98. The highest BCUT2D eigenvalue weighted by Gasteiger charge is 2.33. The molecule has 0 aromatic heterocycles. The number of likely N-dealkylation sites (tertiary alicyclic amines) is 1. The van der Waals surface area contributed by atoms with E-state index in [1.807, 2.05) is 0 Å². The van der Waals surface area contributed by atoms with E-state index in [1.54, 1.807) is 19.1 Å². The Labute approximate surface area is 145 Å². The van der Waals surface area contributed by atoms with E-state index in [9.17, 15) is 24.3 Å². The van der Waals surface area contributed by atoms with Crippen molar-refractivity contribution in [2.24, 2.45) is 0 Å². The molecule has 1 aromatic rings. The third kappa shape index (κ3) is 4.34. The second-order valence-corrected chi connectivity index (χ2v) is 5.79. The summed E-state index contributed by atoms with van der Waals surface area (Å²) in [6.45, 7) is 1.70. The van der Waals surface area contributed by atoms with Crippen molar-refractivity contribution in [2.75, 3.05) is 19.6 Å². The zero-order valence-electron chi connectivity index (χ0n) is 13.9. The van der Waals surface area contributed by atoms with E-state index in [0.29, 0.717) is 31.2 Å². The minimum absolute atomic E-state index is 0.00503. The Morgan fingerprint density at radius 1 is 1.32 bits per heavy atom. The van der Waals surface area contributed by atoms with Crippen molar-refractivity contribution in [1.29, 1.82) is 0 Å². The van der Waals surface area contributed by atoms with Crippen LogP contribution in [0.25, 0.3) is 0 Å². The molecule has 0 aliphatic carbocycles. The van der Waals surface area contributed by atoms with E-state index < -0.39 is 11.9 Å². The zero-order chi connectivity index (χ0) is 18.4. The Bertz CT molecular complexity index is 689. The molecule has 8 nitrogen and oxygen atoms in total. The van der Waals surface area contributed by atoms with Gasteiger partial charge in [0.15, 0.2) is 0 Å². The quantitative estimate of drug-likeness (QED) is 0.613. The lowest BCUT2D eigenvalue weighted by Gasteiger charge is -2.23. The zero-order valence-corrected chi connectivity index (χ0v) is 13.9. The maximum Gasteiger partial charge on any atom is 0.252 e. The smallest absolute Gasteiger partial charge is 0.252 e. The Hall–Kier alpha value is -2.90. The van der Waals surface area contributed by atoms with Crippen LogP contribution in [0.2, 0.25) is 0 Å². The number of aldehydes is 1. The van der Waals surface area contributed by atoms with E-state index in [-0.39, 0.29) is 36.2 Å². The number of rotatable bonds is 6.